The van der Waals surface area contributed by atoms with Gasteiger partial charge in [-0.3, -0.25) is 9.59 Å². The third-order valence-corrected chi connectivity index (χ3v) is 15.2. The zero-order valence-corrected chi connectivity index (χ0v) is 61.9. The Morgan fingerprint density at radius 1 is 0.309 bits per heavy atom. The van der Waals surface area contributed by atoms with Crippen LogP contribution >= 0.6 is 0 Å². The molecule has 0 amide bonds. The lowest BCUT2D eigenvalue weighted by atomic mass is 10.1. The molecule has 9 nitrogen and oxygen atoms in total. The summed E-state index contributed by atoms with van der Waals surface area (Å²) in [6.07, 6.45) is 116. The topological polar surface area (TPSA) is 111 Å². The monoisotopic (exact) mass is 1340 g/mol. The Morgan fingerprint density at radius 3 is 0.825 bits per heavy atom. The number of likely N-dealkylation sites (N-methyl/N-ethyl adjacent to an activating group) is 1. The molecule has 0 aromatic carbocycles. The Labute approximate surface area is 594 Å². The van der Waals surface area contributed by atoms with Gasteiger partial charge in [-0.25, -0.2) is 0 Å². The number of carbonyl (C=O) groups excluding carboxylic acids is 3. The van der Waals surface area contributed by atoms with Crippen LogP contribution in [0, 0.1) is 0 Å². The molecule has 0 saturated carbocycles. The summed E-state index contributed by atoms with van der Waals surface area (Å²) in [4.78, 5) is 37.6. The Morgan fingerprint density at radius 2 is 0.557 bits per heavy atom. The Kier molecular flexibility index (Phi) is 70.4. The van der Waals surface area contributed by atoms with Crippen LogP contribution in [0.3, 0.4) is 0 Å². The first-order valence-corrected chi connectivity index (χ1v) is 37.9. The number of unbranched alkanes of at least 4 members (excludes halogenated alkanes) is 16. The molecule has 9 heteroatoms. The second-order valence-corrected chi connectivity index (χ2v) is 25.5. The smallest absolute Gasteiger partial charge is 0.306 e. The minimum atomic E-state index is -1.64. The minimum Gasteiger partial charge on any atom is -0.545 e. The number of ether oxygens (including phenoxy) is 4. The van der Waals surface area contributed by atoms with Gasteiger partial charge in [0, 0.05) is 12.8 Å². The van der Waals surface area contributed by atoms with Crippen LogP contribution in [0.5, 0.6) is 0 Å². The maximum Gasteiger partial charge on any atom is 0.306 e. The number of esters is 2. The fourth-order valence-electron chi connectivity index (χ4n) is 9.52. The molecule has 0 bridgehead atoms. The van der Waals surface area contributed by atoms with Gasteiger partial charge < -0.3 is 33.3 Å². The largest absolute Gasteiger partial charge is 0.545 e. The summed E-state index contributed by atoms with van der Waals surface area (Å²) in [7, 11) is 5.91. The van der Waals surface area contributed by atoms with Crippen LogP contribution in [0.1, 0.15) is 258 Å². The fourth-order valence-corrected chi connectivity index (χ4v) is 9.52. The van der Waals surface area contributed by atoms with Crippen molar-refractivity contribution >= 4 is 17.9 Å². The second-order valence-electron chi connectivity index (χ2n) is 25.5. The Hall–Kier alpha value is -6.39. The van der Waals surface area contributed by atoms with Crippen LogP contribution in [0.25, 0.3) is 0 Å². The molecular formula is C88H137NO8. The molecule has 0 saturated heterocycles. The molecule has 0 aliphatic carbocycles. The minimum absolute atomic E-state index is 0.133. The molecule has 2 atom stereocenters. The van der Waals surface area contributed by atoms with Crippen molar-refractivity contribution in [1.29, 1.82) is 0 Å². The maximum absolute atomic E-state index is 13.0. The SMILES string of the molecule is CC/C=C\C/C=C\C/C=C\C/C=C\C/C=C\C/C=C\C/C=C\C/C=C\C/C=C\CCCCCCCCCCCC(=O)OC(COC(=O)CCCCCCCCC/C=C\C/C=C\C/C=C\C/C=C\C/C=C\C/C=C\C/C=C\C/C=C\C/C=C\CC)COC(OCC[N+](C)(C)C)C(=O)[O-]. The summed E-state index contributed by atoms with van der Waals surface area (Å²) in [6.45, 7) is 4.48. The maximum atomic E-state index is 13.0. The second kappa shape index (κ2) is 75.4. The summed E-state index contributed by atoms with van der Waals surface area (Å²) in [5.74, 6) is -2.33. The number of hydrogen-bond acceptors (Lipinski definition) is 8. The van der Waals surface area contributed by atoms with Crippen molar-refractivity contribution in [3.05, 3.63) is 219 Å². The lowest BCUT2D eigenvalue weighted by molar-refractivity contribution is -0.870. The molecule has 0 fully saturated rings. The van der Waals surface area contributed by atoms with Crippen LogP contribution in [-0.4, -0.2) is 82.3 Å². The fraction of sp³-hybridized carbons (Fsp3) is 0.557. The van der Waals surface area contributed by atoms with Gasteiger partial charge in [0.15, 0.2) is 12.4 Å². The molecule has 0 aromatic heterocycles. The van der Waals surface area contributed by atoms with Crippen molar-refractivity contribution in [1.82, 2.24) is 0 Å². The van der Waals surface area contributed by atoms with Gasteiger partial charge in [0.25, 0.3) is 0 Å². The molecule has 0 aliphatic heterocycles. The Bertz CT molecular complexity index is 2400. The average Bonchev–Trinajstić information content (AvgIpc) is 3.11. The van der Waals surface area contributed by atoms with Gasteiger partial charge in [-0.05, 0) is 154 Å². The molecule has 0 heterocycles. The number of quaternary nitrogens is 1. The molecule has 0 aromatic rings. The number of aliphatic carboxylic acids is 1. The first kappa shape index (κ1) is 90.6. The number of hydrogen-bond donors (Lipinski definition) is 0. The molecule has 0 N–H and O–H groups in total. The predicted molar refractivity (Wildman–Crippen MR) is 416 cm³/mol. The third-order valence-electron chi connectivity index (χ3n) is 15.2. The molecule has 0 spiro atoms. The quantitative estimate of drug-likeness (QED) is 0.0195. The van der Waals surface area contributed by atoms with Crippen molar-refractivity contribution in [2.24, 2.45) is 0 Å². The van der Waals surface area contributed by atoms with E-state index in [-0.39, 0.29) is 38.6 Å². The van der Waals surface area contributed by atoms with Crippen molar-refractivity contribution in [2.45, 2.75) is 270 Å². The van der Waals surface area contributed by atoms with Crippen LogP contribution in [0.15, 0.2) is 219 Å². The van der Waals surface area contributed by atoms with E-state index in [1.54, 1.807) is 0 Å². The van der Waals surface area contributed by atoms with E-state index in [4.69, 9.17) is 18.9 Å². The number of nitrogens with zero attached hydrogens (tertiary/aromatic N) is 1. The van der Waals surface area contributed by atoms with Crippen LogP contribution in [-0.2, 0) is 33.3 Å². The van der Waals surface area contributed by atoms with Gasteiger partial charge in [0.2, 0.25) is 0 Å². The average molecular weight is 1340 g/mol. The van der Waals surface area contributed by atoms with Gasteiger partial charge in [-0.15, -0.1) is 0 Å². The van der Waals surface area contributed by atoms with Crippen LogP contribution < -0.4 is 5.11 Å². The highest BCUT2D eigenvalue weighted by molar-refractivity contribution is 5.70. The summed E-state index contributed by atoms with van der Waals surface area (Å²) in [5.41, 5.74) is 0. The molecule has 0 rings (SSSR count). The van der Waals surface area contributed by atoms with Gasteiger partial charge in [-0.1, -0.05) is 310 Å². The van der Waals surface area contributed by atoms with E-state index in [2.05, 4.69) is 233 Å². The van der Waals surface area contributed by atoms with Crippen molar-refractivity contribution in [2.75, 3.05) is 47.5 Å². The van der Waals surface area contributed by atoms with Crippen molar-refractivity contribution in [3.63, 3.8) is 0 Å². The lowest BCUT2D eigenvalue weighted by Crippen LogP contribution is -2.44. The Balaban J connectivity index is 4.22. The number of rotatable bonds is 67. The van der Waals surface area contributed by atoms with E-state index >= 15 is 0 Å². The number of carboxylic acids is 1. The summed E-state index contributed by atoms with van der Waals surface area (Å²) < 4.78 is 22.8. The first-order valence-electron chi connectivity index (χ1n) is 37.9. The molecule has 542 valence electrons. The number of carbonyl (C=O) groups is 3. The highest BCUT2D eigenvalue weighted by atomic mass is 16.7. The van der Waals surface area contributed by atoms with Crippen molar-refractivity contribution < 1.29 is 42.9 Å². The van der Waals surface area contributed by atoms with E-state index in [1.807, 2.05) is 21.1 Å². The highest BCUT2D eigenvalue weighted by Crippen LogP contribution is 2.15. The normalized spacial score (nSPS) is 13.9. The molecule has 97 heavy (non-hydrogen) atoms. The summed E-state index contributed by atoms with van der Waals surface area (Å²) >= 11 is 0. The molecular weight excluding hydrogens is 1200 g/mol. The lowest BCUT2D eigenvalue weighted by Gasteiger charge is -2.26. The molecule has 0 aliphatic rings. The van der Waals surface area contributed by atoms with E-state index in [1.165, 1.54) is 51.4 Å². The van der Waals surface area contributed by atoms with Crippen LogP contribution in [0.4, 0.5) is 0 Å². The summed E-state index contributed by atoms with van der Waals surface area (Å²) in [6, 6.07) is 0. The van der Waals surface area contributed by atoms with E-state index < -0.39 is 24.3 Å². The highest BCUT2D eigenvalue weighted by Gasteiger charge is 2.22. The summed E-state index contributed by atoms with van der Waals surface area (Å²) in [5, 5.41) is 11.9. The zero-order chi connectivity index (χ0) is 70.4. The standard InChI is InChI=1S/C88H137NO8/c1-6-8-10-12-14-16-18-20-22-24-26-28-30-32-34-36-38-40-42-43-45-47-49-51-53-55-57-59-61-63-65-67-69-71-73-75-77-79-86(91)97-84(83-96-88(87(92)93)94-81-80-89(3,4)5)82-95-85(90)78-76-74-72-70-68-66-64-62-60-58-56-54-52-50-48-46-44-41-39-37-35-33-31-29-27-25-23-21-19-17-15-13-11-9-7-2/h8-11,14-17,20-23,26-29,32-35,38-41,43,45-46,48-49,51-52,54-55,57-58,60,84,88H,6-7,12-13,18-19,24-25,30-31,36-37,42,44,47,50,53,56,59,61-83H2,1-5H3/b10-8-,11-9-,16-14-,17-15-,22-20-,23-21-,28-26-,29-27-,34-32-,35-33-,40-38-,41-39-,45-43-,48-46-,51-49-,54-52-,57-55-,60-58-. The molecule has 2 unspecified atom stereocenters. The first-order chi connectivity index (χ1) is 47.6. The van der Waals surface area contributed by atoms with Gasteiger partial charge in [-0.2, -0.15) is 0 Å². The zero-order valence-electron chi connectivity index (χ0n) is 61.9. The molecule has 0 radical (unpaired) electrons. The van der Waals surface area contributed by atoms with Crippen LogP contribution in [0.2, 0.25) is 0 Å². The van der Waals surface area contributed by atoms with E-state index in [0.29, 0.717) is 23.9 Å². The predicted octanol–water partition coefficient (Wildman–Crippen LogP) is 23.1. The van der Waals surface area contributed by atoms with Gasteiger partial charge in [0.05, 0.1) is 40.3 Å². The third kappa shape index (κ3) is 76.8. The van der Waals surface area contributed by atoms with Gasteiger partial charge >= 0.3 is 11.9 Å². The van der Waals surface area contributed by atoms with Gasteiger partial charge in [0.1, 0.15) is 13.2 Å². The number of carboxylic acid groups (broad SMARTS) is 1. The van der Waals surface area contributed by atoms with E-state index in [9.17, 15) is 19.5 Å². The number of allylic oxidation sites excluding steroid dienone is 36. The van der Waals surface area contributed by atoms with Crippen molar-refractivity contribution in [3.8, 4) is 0 Å². The van der Waals surface area contributed by atoms with E-state index in [0.717, 1.165) is 167 Å².